The maximum atomic E-state index is 13.2. The topological polar surface area (TPSA) is 49.4 Å². The quantitative estimate of drug-likeness (QED) is 0.511. The van der Waals surface area contributed by atoms with Gasteiger partial charge in [-0.05, 0) is 55.7 Å². The normalized spacial score (nSPS) is 12.9. The van der Waals surface area contributed by atoms with Gasteiger partial charge in [-0.25, -0.2) is 0 Å². The highest BCUT2D eigenvalue weighted by molar-refractivity contribution is 9.10. The van der Waals surface area contributed by atoms with Crippen molar-refractivity contribution in [2.24, 2.45) is 0 Å². The predicted molar refractivity (Wildman–Crippen MR) is 122 cm³/mol. The van der Waals surface area contributed by atoms with Gasteiger partial charge in [-0.2, -0.15) is 0 Å². The summed E-state index contributed by atoms with van der Waals surface area (Å²) in [6, 6.07) is 12.2. The molecule has 0 bridgehead atoms. The maximum Gasteiger partial charge on any atom is 0.242 e. The SMILES string of the molecule is CC[C@@H](C)NC(=O)[C@@H](C)N(Cc1ccc(Br)cc1)C(=O)Cc1ccc(Cl)cc1Cl. The van der Waals surface area contributed by atoms with Crippen LogP contribution in [0.4, 0.5) is 0 Å². The van der Waals surface area contributed by atoms with Gasteiger partial charge in [-0.1, -0.05) is 64.3 Å². The lowest BCUT2D eigenvalue weighted by Gasteiger charge is -2.30. The summed E-state index contributed by atoms with van der Waals surface area (Å²) < 4.78 is 0.953. The summed E-state index contributed by atoms with van der Waals surface area (Å²) in [7, 11) is 0. The Morgan fingerprint density at radius 1 is 1.10 bits per heavy atom. The third kappa shape index (κ3) is 7.02. The van der Waals surface area contributed by atoms with Crippen LogP contribution in [0.5, 0.6) is 0 Å². The smallest absolute Gasteiger partial charge is 0.242 e. The Balaban J connectivity index is 2.25. The summed E-state index contributed by atoms with van der Waals surface area (Å²) in [5.41, 5.74) is 1.61. The molecule has 0 fully saturated rings. The van der Waals surface area contributed by atoms with Crippen molar-refractivity contribution >= 4 is 50.9 Å². The zero-order valence-electron chi connectivity index (χ0n) is 16.7. The van der Waals surface area contributed by atoms with Crippen LogP contribution in [0.25, 0.3) is 0 Å². The number of nitrogens with one attached hydrogen (secondary N) is 1. The van der Waals surface area contributed by atoms with Crippen LogP contribution in [0.15, 0.2) is 46.9 Å². The van der Waals surface area contributed by atoms with E-state index >= 15 is 0 Å². The fraction of sp³-hybridized carbons (Fsp3) is 0.364. The third-order valence-corrected chi connectivity index (χ3v) is 5.91. The van der Waals surface area contributed by atoms with Crippen LogP contribution >= 0.6 is 39.1 Å². The number of amides is 2. The van der Waals surface area contributed by atoms with Crippen molar-refractivity contribution in [3.63, 3.8) is 0 Å². The van der Waals surface area contributed by atoms with E-state index in [2.05, 4.69) is 21.2 Å². The zero-order chi connectivity index (χ0) is 21.6. The minimum Gasteiger partial charge on any atom is -0.352 e. The van der Waals surface area contributed by atoms with E-state index in [1.54, 1.807) is 30.0 Å². The lowest BCUT2D eigenvalue weighted by atomic mass is 10.1. The average Bonchev–Trinajstić information content (AvgIpc) is 2.68. The van der Waals surface area contributed by atoms with E-state index in [9.17, 15) is 9.59 Å². The molecule has 0 unspecified atom stereocenters. The molecule has 7 heteroatoms. The fourth-order valence-corrected chi connectivity index (χ4v) is 3.50. The second-order valence-corrected chi connectivity index (χ2v) is 8.81. The van der Waals surface area contributed by atoms with Gasteiger partial charge in [0.25, 0.3) is 0 Å². The van der Waals surface area contributed by atoms with Crippen LogP contribution < -0.4 is 5.32 Å². The van der Waals surface area contributed by atoms with E-state index in [1.807, 2.05) is 38.1 Å². The molecule has 2 aromatic carbocycles. The number of nitrogens with zero attached hydrogens (tertiary/aromatic N) is 1. The molecule has 0 saturated heterocycles. The van der Waals surface area contributed by atoms with Crippen LogP contribution in [0, 0.1) is 0 Å². The van der Waals surface area contributed by atoms with E-state index in [1.165, 1.54) is 0 Å². The highest BCUT2D eigenvalue weighted by Gasteiger charge is 2.27. The third-order valence-electron chi connectivity index (χ3n) is 4.79. The highest BCUT2D eigenvalue weighted by atomic mass is 79.9. The van der Waals surface area contributed by atoms with E-state index in [0.29, 0.717) is 22.2 Å². The Morgan fingerprint density at radius 3 is 2.34 bits per heavy atom. The first-order chi connectivity index (χ1) is 13.7. The van der Waals surface area contributed by atoms with E-state index in [-0.39, 0.29) is 24.3 Å². The van der Waals surface area contributed by atoms with Crippen LogP contribution in [0.3, 0.4) is 0 Å². The van der Waals surface area contributed by atoms with Crippen molar-refractivity contribution in [1.82, 2.24) is 10.2 Å². The summed E-state index contributed by atoms with van der Waals surface area (Å²) in [5.74, 6) is -0.351. The van der Waals surface area contributed by atoms with Gasteiger partial charge in [0.05, 0.1) is 6.42 Å². The lowest BCUT2D eigenvalue weighted by molar-refractivity contribution is -0.140. The summed E-state index contributed by atoms with van der Waals surface area (Å²) in [6.45, 7) is 6.02. The van der Waals surface area contributed by atoms with Gasteiger partial charge >= 0.3 is 0 Å². The molecule has 4 nitrogen and oxygen atoms in total. The number of hydrogen-bond donors (Lipinski definition) is 1. The van der Waals surface area contributed by atoms with Crippen molar-refractivity contribution in [3.05, 3.63) is 68.1 Å². The molecule has 0 aromatic heterocycles. The molecule has 2 amide bonds. The van der Waals surface area contributed by atoms with E-state index in [4.69, 9.17) is 23.2 Å². The molecule has 29 heavy (non-hydrogen) atoms. The fourth-order valence-electron chi connectivity index (χ4n) is 2.76. The van der Waals surface area contributed by atoms with Crippen molar-refractivity contribution in [1.29, 1.82) is 0 Å². The highest BCUT2D eigenvalue weighted by Crippen LogP contribution is 2.23. The molecule has 1 N–H and O–H groups in total. The first-order valence-electron chi connectivity index (χ1n) is 9.49. The molecule has 0 heterocycles. The van der Waals surface area contributed by atoms with Crippen LogP contribution in [-0.4, -0.2) is 28.8 Å². The van der Waals surface area contributed by atoms with E-state index in [0.717, 1.165) is 16.5 Å². The van der Waals surface area contributed by atoms with Crippen molar-refractivity contribution < 1.29 is 9.59 Å². The van der Waals surface area contributed by atoms with Crippen molar-refractivity contribution in [2.75, 3.05) is 0 Å². The molecule has 0 aliphatic carbocycles. The minimum atomic E-state index is -0.619. The monoisotopic (exact) mass is 498 g/mol. The number of carbonyl (C=O) groups is 2. The molecule has 2 atom stereocenters. The Hall–Kier alpha value is -1.56. The Bertz CT molecular complexity index is 858. The Labute approximate surface area is 190 Å². The number of carbonyl (C=O) groups excluding carboxylic acids is 2. The first kappa shape index (κ1) is 23.7. The number of benzene rings is 2. The second-order valence-electron chi connectivity index (χ2n) is 7.05. The number of rotatable bonds is 8. The van der Waals surface area contributed by atoms with E-state index < -0.39 is 6.04 Å². The van der Waals surface area contributed by atoms with Gasteiger partial charge in [-0.3, -0.25) is 9.59 Å². The molecule has 0 spiro atoms. The van der Waals surface area contributed by atoms with Crippen LogP contribution in [-0.2, 0) is 22.6 Å². The molecule has 2 rings (SSSR count). The molecule has 0 radical (unpaired) electrons. The zero-order valence-corrected chi connectivity index (χ0v) is 19.8. The van der Waals surface area contributed by atoms with Gasteiger partial charge in [0.2, 0.25) is 11.8 Å². The summed E-state index contributed by atoms with van der Waals surface area (Å²) in [5, 5.41) is 3.91. The molecule has 2 aromatic rings. The number of hydrogen-bond acceptors (Lipinski definition) is 2. The van der Waals surface area contributed by atoms with Crippen LogP contribution in [0.2, 0.25) is 10.0 Å². The second kappa shape index (κ2) is 11.0. The molecular weight excluding hydrogens is 475 g/mol. The largest absolute Gasteiger partial charge is 0.352 e. The van der Waals surface area contributed by atoms with Crippen molar-refractivity contribution in [2.45, 2.75) is 52.2 Å². The number of halogens is 3. The lowest BCUT2D eigenvalue weighted by Crippen LogP contribution is -2.49. The van der Waals surface area contributed by atoms with Gasteiger partial charge in [0.1, 0.15) is 6.04 Å². The average molecular weight is 500 g/mol. The van der Waals surface area contributed by atoms with Gasteiger partial charge < -0.3 is 10.2 Å². The summed E-state index contributed by atoms with van der Waals surface area (Å²) in [6.07, 6.45) is 0.910. The molecule has 156 valence electrons. The minimum absolute atomic E-state index is 0.0419. The Kier molecular flexibility index (Phi) is 9.00. The van der Waals surface area contributed by atoms with Gasteiger partial charge in [0, 0.05) is 27.1 Å². The molecular formula is C22H25BrCl2N2O2. The molecule has 0 aliphatic heterocycles. The van der Waals surface area contributed by atoms with Crippen LogP contribution in [0.1, 0.15) is 38.3 Å². The first-order valence-corrected chi connectivity index (χ1v) is 11.0. The molecule has 0 saturated carbocycles. The predicted octanol–water partition coefficient (Wildman–Crippen LogP) is 5.63. The van der Waals surface area contributed by atoms with Gasteiger partial charge in [0.15, 0.2) is 0 Å². The summed E-state index contributed by atoms with van der Waals surface area (Å²) in [4.78, 5) is 27.5. The molecule has 0 aliphatic rings. The van der Waals surface area contributed by atoms with Gasteiger partial charge in [-0.15, -0.1) is 0 Å². The maximum absolute atomic E-state index is 13.2. The van der Waals surface area contributed by atoms with Crippen molar-refractivity contribution in [3.8, 4) is 0 Å². The Morgan fingerprint density at radius 2 is 1.76 bits per heavy atom. The summed E-state index contributed by atoms with van der Waals surface area (Å²) >= 11 is 15.6. The standard InChI is InChI=1S/C22H25BrCl2N2O2/c1-4-14(2)26-22(29)15(3)27(13-16-5-8-18(23)9-6-16)21(28)11-17-7-10-19(24)12-20(17)25/h5-10,12,14-15H,4,11,13H2,1-3H3,(H,26,29)/t14-,15-/m1/s1.